The number of hydrogen-bond donors (Lipinski definition) is 1. The molecule has 0 rings (SSSR count). The van der Waals surface area contributed by atoms with Gasteiger partial charge in [-0.05, 0) is 18.2 Å². The standard InChI is InChI=1S/C8H18O/c1-6(2)5-8(9)7(3)4/h6-9H,5H2,1-4H3/t8-/m0/s1/i5D2. The van der Waals surface area contributed by atoms with Gasteiger partial charge in [0.25, 0.3) is 0 Å². The van der Waals surface area contributed by atoms with E-state index in [0.717, 1.165) is 0 Å². The fourth-order valence-electron chi connectivity index (χ4n) is 0.534. The molecule has 0 aliphatic heterocycles. The zero-order valence-corrected chi connectivity index (χ0v) is 6.68. The summed E-state index contributed by atoms with van der Waals surface area (Å²) >= 11 is 0. The fraction of sp³-hybridized carbons (Fsp3) is 1.00. The minimum absolute atomic E-state index is 0.0209. The van der Waals surface area contributed by atoms with Crippen LogP contribution in [0.4, 0.5) is 0 Å². The van der Waals surface area contributed by atoms with Crippen molar-refractivity contribution in [3.05, 3.63) is 0 Å². The lowest BCUT2D eigenvalue weighted by atomic mass is 9.98. The van der Waals surface area contributed by atoms with Crippen LogP contribution in [0.3, 0.4) is 0 Å². The Morgan fingerprint density at radius 3 is 1.89 bits per heavy atom. The van der Waals surface area contributed by atoms with Crippen LogP contribution in [0.5, 0.6) is 0 Å². The molecule has 0 aliphatic rings. The molecule has 0 bridgehead atoms. The Morgan fingerprint density at radius 1 is 1.33 bits per heavy atom. The molecule has 56 valence electrons. The van der Waals surface area contributed by atoms with Crippen LogP contribution in [0.25, 0.3) is 0 Å². The second kappa shape index (κ2) is 3.89. The zero-order chi connectivity index (χ0) is 9.23. The van der Waals surface area contributed by atoms with E-state index in [-0.39, 0.29) is 11.8 Å². The van der Waals surface area contributed by atoms with Crippen LogP contribution in [-0.2, 0) is 0 Å². The highest BCUT2D eigenvalue weighted by Crippen LogP contribution is 2.11. The van der Waals surface area contributed by atoms with Crippen molar-refractivity contribution >= 4 is 0 Å². The Kier molecular flexibility index (Phi) is 2.47. The van der Waals surface area contributed by atoms with E-state index in [1.807, 2.05) is 13.8 Å². The van der Waals surface area contributed by atoms with Gasteiger partial charge in [-0.3, -0.25) is 0 Å². The molecular weight excluding hydrogens is 112 g/mol. The highest BCUT2D eigenvalue weighted by molar-refractivity contribution is 4.61. The summed E-state index contributed by atoms with van der Waals surface area (Å²) in [5.41, 5.74) is 0. The molecule has 1 atom stereocenters. The third kappa shape index (κ3) is 4.46. The van der Waals surface area contributed by atoms with Crippen molar-refractivity contribution < 1.29 is 7.85 Å². The molecule has 0 aromatic heterocycles. The Balaban J connectivity index is 4.29. The first-order valence-corrected chi connectivity index (χ1v) is 3.48. The molecule has 0 heterocycles. The lowest BCUT2D eigenvalue weighted by molar-refractivity contribution is 0.103. The molecule has 0 spiro atoms. The van der Waals surface area contributed by atoms with Crippen molar-refractivity contribution in [3.63, 3.8) is 0 Å². The Bertz CT molecular complexity index is 121. The van der Waals surface area contributed by atoms with E-state index in [1.54, 1.807) is 13.8 Å². The third-order valence-electron chi connectivity index (χ3n) is 1.14. The first kappa shape index (κ1) is 5.72. The smallest absolute Gasteiger partial charge is 0.0565 e. The molecule has 0 aliphatic carbocycles. The summed E-state index contributed by atoms with van der Waals surface area (Å²) in [5.74, 6) is -0.160. The summed E-state index contributed by atoms with van der Waals surface area (Å²) in [5, 5.41) is 9.45. The van der Waals surface area contributed by atoms with Gasteiger partial charge in [0, 0.05) is 2.74 Å². The predicted octanol–water partition coefficient (Wildman–Crippen LogP) is 2.05. The van der Waals surface area contributed by atoms with Crippen molar-refractivity contribution in [2.45, 2.75) is 40.2 Å². The van der Waals surface area contributed by atoms with Gasteiger partial charge >= 0.3 is 0 Å². The molecular formula is C8H18O. The first-order valence-electron chi connectivity index (χ1n) is 4.48. The van der Waals surface area contributed by atoms with Gasteiger partial charge in [-0.15, -0.1) is 0 Å². The predicted molar refractivity (Wildman–Crippen MR) is 40.3 cm³/mol. The number of rotatable bonds is 3. The van der Waals surface area contributed by atoms with Crippen molar-refractivity contribution in [1.82, 2.24) is 0 Å². The van der Waals surface area contributed by atoms with E-state index in [9.17, 15) is 5.11 Å². The molecule has 1 heteroatoms. The molecule has 1 nitrogen and oxygen atoms in total. The molecule has 0 radical (unpaired) electrons. The Labute approximate surface area is 60.9 Å². The van der Waals surface area contributed by atoms with Crippen molar-refractivity contribution in [2.75, 3.05) is 0 Å². The topological polar surface area (TPSA) is 20.2 Å². The highest BCUT2D eigenvalue weighted by Gasteiger charge is 2.09. The number of aliphatic hydroxyl groups is 1. The molecule has 0 aromatic carbocycles. The summed E-state index contributed by atoms with van der Waals surface area (Å²) in [7, 11) is 0. The van der Waals surface area contributed by atoms with Crippen molar-refractivity contribution in [2.24, 2.45) is 11.8 Å². The van der Waals surface area contributed by atoms with Gasteiger partial charge in [0.05, 0.1) is 6.10 Å². The molecule has 0 fully saturated rings. The molecule has 0 amide bonds. The second-order valence-electron chi connectivity index (χ2n) is 3.01. The highest BCUT2D eigenvalue weighted by atomic mass is 16.3. The SMILES string of the molecule is [2H]C([2H])(C(C)C)[C@H](O)C(C)C. The van der Waals surface area contributed by atoms with Gasteiger partial charge in [-0.2, -0.15) is 0 Å². The lowest BCUT2D eigenvalue weighted by Gasteiger charge is -2.15. The molecule has 1 N–H and O–H groups in total. The zero-order valence-electron chi connectivity index (χ0n) is 8.68. The maximum atomic E-state index is 9.45. The van der Waals surface area contributed by atoms with Crippen LogP contribution in [0.1, 0.15) is 36.8 Å². The van der Waals surface area contributed by atoms with Gasteiger partial charge < -0.3 is 5.11 Å². The van der Waals surface area contributed by atoms with E-state index >= 15 is 0 Å². The first-order chi connectivity index (χ1) is 4.80. The molecule has 0 saturated carbocycles. The summed E-state index contributed by atoms with van der Waals surface area (Å²) in [4.78, 5) is 0. The quantitative estimate of drug-likeness (QED) is 0.623. The maximum absolute atomic E-state index is 9.45. The summed E-state index contributed by atoms with van der Waals surface area (Å²) < 4.78 is 15.1. The van der Waals surface area contributed by atoms with Gasteiger partial charge in [0.15, 0.2) is 0 Å². The number of hydrogen-bond acceptors (Lipinski definition) is 1. The lowest BCUT2D eigenvalue weighted by Crippen LogP contribution is -2.16. The van der Waals surface area contributed by atoms with Crippen molar-refractivity contribution in [3.8, 4) is 0 Å². The minimum atomic E-state index is -1.46. The minimum Gasteiger partial charge on any atom is -0.393 e. The van der Waals surface area contributed by atoms with Crippen molar-refractivity contribution in [1.29, 1.82) is 0 Å². The van der Waals surface area contributed by atoms with Gasteiger partial charge in [-0.25, -0.2) is 0 Å². The molecule has 0 saturated heterocycles. The maximum Gasteiger partial charge on any atom is 0.0565 e. The molecule has 9 heavy (non-hydrogen) atoms. The average molecular weight is 132 g/mol. The molecule has 0 aromatic rings. The normalized spacial score (nSPS) is 19.9. The summed E-state index contributed by atoms with van der Waals surface area (Å²) in [6.07, 6.45) is -2.32. The van der Waals surface area contributed by atoms with E-state index in [4.69, 9.17) is 2.74 Å². The third-order valence-corrected chi connectivity index (χ3v) is 1.14. The fourth-order valence-corrected chi connectivity index (χ4v) is 0.534. The van der Waals surface area contributed by atoms with Gasteiger partial charge in [0.2, 0.25) is 0 Å². The van der Waals surface area contributed by atoms with E-state index in [0.29, 0.717) is 0 Å². The molecule has 0 unspecified atom stereocenters. The van der Waals surface area contributed by atoms with Crippen LogP contribution >= 0.6 is 0 Å². The number of aliphatic hydroxyl groups excluding tert-OH is 1. The van der Waals surface area contributed by atoms with Gasteiger partial charge in [-0.1, -0.05) is 27.7 Å². The van der Waals surface area contributed by atoms with Crippen LogP contribution < -0.4 is 0 Å². The second-order valence-corrected chi connectivity index (χ2v) is 3.01. The van der Waals surface area contributed by atoms with E-state index in [1.165, 1.54) is 0 Å². The van der Waals surface area contributed by atoms with E-state index < -0.39 is 12.5 Å². The average Bonchev–Trinajstić information content (AvgIpc) is 1.85. The van der Waals surface area contributed by atoms with Crippen LogP contribution in [0.15, 0.2) is 0 Å². The van der Waals surface area contributed by atoms with Crippen LogP contribution in [-0.4, -0.2) is 11.2 Å². The van der Waals surface area contributed by atoms with E-state index in [2.05, 4.69) is 0 Å². The van der Waals surface area contributed by atoms with Gasteiger partial charge in [0.1, 0.15) is 0 Å². The van der Waals surface area contributed by atoms with Crippen LogP contribution in [0, 0.1) is 11.8 Å². The Morgan fingerprint density at radius 2 is 1.78 bits per heavy atom. The summed E-state index contributed by atoms with van der Waals surface area (Å²) in [6, 6.07) is 0. The Hall–Kier alpha value is -0.0400. The van der Waals surface area contributed by atoms with Crippen LogP contribution in [0.2, 0.25) is 0 Å². The summed E-state index contributed by atoms with van der Waals surface area (Å²) in [6.45, 7) is 7.22. The monoisotopic (exact) mass is 132 g/mol. The largest absolute Gasteiger partial charge is 0.393 e.